The first kappa shape index (κ1) is 13.3. The summed E-state index contributed by atoms with van der Waals surface area (Å²) in [4.78, 5) is 21.8. The lowest BCUT2D eigenvalue weighted by atomic mass is 10.1. The van der Waals surface area contributed by atoms with Crippen LogP contribution in [0.2, 0.25) is 0 Å². The number of rotatable bonds is 7. The zero-order valence-electron chi connectivity index (χ0n) is 9.81. The van der Waals surface area contributed by atoms with Crippen LogP contribution in [0.5, 0.6) is 0 Å². The third-order valence-corrected chi connectivity index (χ3v) is 2.35. The van der Waals surface area contributed by atoms with Gasteiger partial charge in [0.25, 0.3) is 0 Å². The molecule has 0 bridgehead atoms. The third-order valence-electron chi connectivity index (χ3n) is 2.35. The van der Waals surface area contributed by atoms with Crippen molar-refractivity contribution in [3.05, 3.63) is 24.2 Å². The van der Waals surface area contributed by atoms with Crippen molar-refractivity contribution in [2.24, 2.45) is 5.92 Å². The van der Waals surface area contributed by atoms with Gasteiger partial charge in [-0.1, -0.05) is 6.92 Å². The molecule has 1 rings (SSSR count). The lowest BCUT2D eigenvalue weighted by Crippen LogP contribution is -2.29. The van der Waals surface area contributed by atoms with E-state index >= 15 is 0 Å². The highest BCUT2D eigenvalue weighted by atomic mass is 16.4. The number of hydrogen-bond acceptors (Lipinski definition) is 3. The standard InChI is InChI=1S/C12H17NO4/c1-9(7-12(15)16)8-13-11(14)5-4-10-3-2-6-17-10/h2-3,6,9H,4-5,7-8H2,1H3,(H,13,14)(H,15,16). The van der Waals surface area contributed by atoms with Crippen molar-refractivity contribution in [3.8, 4) is 0 Å². The Hall–Kier alpha value is -1.78. The number of amides is 1. The highest BCUT2D eigenvalue weighted by molar-refractivity contribution is 5.76. The van der Waals surface area contributed by atoms with Gasteiger partial charge in [-0.15, -0.1) is 0 Å². The van der Waals surface area contributed by atoms with Crippen LogP contribution in [-0.2, 0) is 16.0 Å². The number of carbonyl (C=O) groups excluding carboxylic acids is 1. The number of carbonyl (C=O) groups is 2. The van der Waals surface area contributed by atoms with Gasteiger partial charge in [0.15, 0.2) is 0 Å². The van der Waals surface area contributed by atoms with Crippen molar-refractivity contribution >= 4 is 11.9 Å². The summed E-state index contributed by atoms with van der Waals surface area (Å²) in [5.74, 6) is -0.209. The lowest BCUT2D eigenvalue weighted by Gasteiger charge is -2.09. The lowest BCUT2D eigenvalue weighted by molar-refractivity contribution is -0.138. The van der Waals surface area contributed by atoms with E-state index in [0.29, 0.717) is 19.4 Å². The zero-order chi connectivity index (χ0) is 12.7. The zero-order valence-corrected chi connectivity index (χ0v) is 9.81. The molecule has 0 aliphatic heterocycles. The topological polar surface area (TPSA) is 79.5 Å². The van der Waals surface area contributed by atoms with Crippen LogP contribution in [0.25, 0.3) is 0 Å². The summed E-state index contributed by atoms with van der Waals surface area (Å²) >= 11 is 0. The van der Waals surface area contributed by atoms with Crippen LogP contribution in [0.1, 0.15) is 25.5 Å². The van der Waals surface area contributed by atoms with Crippen LogP contribution >= 0.6 is 0 Å². The molecule has 0 aliphatic carbocycles. The molecule has 1 amide bonds. The summed E-state index contributed by atoms with van der Waals surface area (Å²) in [6.07, 6.45) is 2.56. The number of hydrogen-bond donors (Lipinski definition) is 2. The second-order valence-corrected chi connectivity index (χ2v) is 4.09. The molecule has 0 radical (unpaired) electrons. The van der Waals surface area contributed by atoms with Crippen molar-refractivity contribution in [2.45, 2.75) is 26.2 Å². The number of carboxylic acid groups (broad SMARTS) is 1. The molecule has 0 fully saturated rings. The molecule has 2 N–H and O–H groups in total. The Bertz CT molecular complexity index is 359. The number of carboxylic acids is 1. The van der Waals surface area contributed by atoms with E-state index in [1.165, 1.54) is 0 Å². The Balaban J connectivity index is 2.15. The van der Waals surface area contributed by atoms with Crippen molar-refractivity contribution in [1.82, 2.24) is 5.32 Å². The van der Waals surface area contributed by atoms with Crippen LogP contribution in [0.3, 0.4) is 0 Å². The Morgan fingerprint density at radius 3 is 2.88 bits per heavy atom. The fourth-order valence-corrected chi connectivity index (χ4v) is 1.44. The molecule has 1 aromatic heterocycles. The van der Waals surface area contributed by atoms with E-state index in [0.717, 1.165) is 5.76 Å². The Kier molecular flexibility index (Phi) is 5.26. The summed E-state index contributed by atoms with van der Waals surface area (Å²) in [6.45, 7) is 2.18. The molecule has 5 nitrogen and oxygen atoms in total. The van der Waals surface area contributed by atoms with Crippen LogP contribution in [0, 0.1) is 5.92 Å². The van der Waals surface area contributed by atoms with E-state index in [1.807, 2.05) is 6.07 Å². The van der Waals surface area contributed by atoms with E-state index in [9.17, 15) is 9.59 Å². The fraction of sp³-hybridized carbons (Fsp3) is 0.500. The van der Waals surface area contributed by atoms with Gasteiger partial charge in [0.2, 0.25) is 5.91 Å². The minimum absolute atomic E-state index is 0.0555. The molecular formula is C12H17NO4. The summed E-state index contributed by atoms with van der Waals surface area (Å²) in [6, 6.07) is 3.60. The maximum absolute atomic E-state index is 11.4. The quantitative estimate of drug-likeness (QED) is 0.754. The first-order valence-corrected chi connectivity index (χ1v) is 5.59. The highest BCUT2D eigenvalue weighted by Gasteiger charge is 2.09. The molecule has 1 unspecified atom stereocenters. The normalized spacial score (nSPS) is 12.1. The van der Waals surface area contributed by atoms with Crippen LogP contribution in [0.4, 0.5) is 0 Å². The van der Waals surface area contributed by atoms with Crippen LogP contribution in [0.15, 0.2) is 22.8 Å². The molecule has 17 heavy (non-hydrogen) atoms. The van der Waals surface area contributed by atoms with Gasteiger partial charge in [0.05, 0.1) is 6.26 Å². The minimum atomic E-state index is -0.845. The van der Waals surface area contributed by atoms with Crippen LogP contribution < -0.4 is 5.32 Å². The molecule has 0 aliphatic rings. The molecular weight excluding hydrogens is 222 g/mol. The Morgan fingerprint density at radius 1 is 1.53 bits per heavy atom. The average molecular weight is 239 g/mol. The first-order chi connectivity index (χ1) is 8.08. The predicted molar refractivity (Wildman–Crippen MR) is 61.5 cm³/mol. The van der Waals surface area contributed by atoms with Crippen molar-refractivity contribution < 1.29 is 19.1 Å². The Morgan fingerprint density at radius 2 is 2.29 bits per heavy atom. The summed E-state index contributed by atoms with van der Waals surface area (Å²) in [7, 11) is 0. The molecule has 94 valence electrons. The first-order valence-electron chi connectivity index (χ1n) is 5.59. The molecule has 0 spiro atoms. The fourth-order valence-electron chi connectivity index (χ4n) is 1.44. The van der Waals surface area contributed by atoms with E-state index < -0.39 is 5.97 Å². The second-order valence-electron chi connectivity index (χ2n) is 4.09. The maximum atomic E-state index is 11.4. The number of aliphatic carboxylic acids is 1. The molecule has 0 aromatic carbocycles. The number of aryl methyl sites for hydroxylation is 1. The SMILES string of the molecule is CC(CNC(=O)CCc1ccco1)CC(=O)O. The van der Waals surface area contributed by atoms with Crippen molar-refractivity contribution in [2.75, 3.05) is 6.54 Å². The average Bonchev–Trinajstić information content (AvgIpc) is 2.75. The Labute approximate surface area is 99.8 Å². The van der Waals surface area contributed by atoms with E-state index in [4.69, 9.17) is 9.52 Å². The maximum Gasteiger partial charge on any atom is 0.303 e. The summed E-state index contributed by atoms with van der Waals surface area (Å²) in [5, 5.41) is 11.3. The largest absolute Gasteiger partial charge is 0.481 e. The monoisotopic (exact) mass is 239 g/mol. The molecule has 1 aromatic rings. The number of furan rings is 1. The third kappa shape index (κ3) is 5.75. The van der Waals surface area contributed by atoms with E-state index in [-0.39, 0.29) is 18.2 Å². The second kappa shape index (κ2) is 6.73. The summed E-state index contributed by atoms with van der Waals surface area (Å²) < 4.78 is 5.10. The molecule has 1 heterocycles. The molecule has 1 atom stereocenters. The minimum Gasteiger partial charge on any atom is -0.481 e. The summed E-state index contributed by atoms with van der Waals surface area (Å²) in [5.41, 5.74) is 0. The molecule has 0 saturated carbocycles. The van der Waals surface area contributed by atoms with Gasteiger partial charge in [-0.05, 0) is 18.1 Å². The van der Waals surface area contributed by atoms with Gasteiger partial charge in [-0.25, -0.2) is 0 Å². The van der Waals surface area contributed by atoms with Gasteiger partial charge >= 0.3 is 5.97 Å². The van der Waals surface area contributed by atoms with Gasteiger partial charge in [0.1, 0.15) is 5.76 Å². The smallest absolute Gasteiger partial charge is 0.303 e. The van der Waals surface area contributed by atoms with Gasteiger partial charge in [-0.2, -0.15) is 0 Å². The highest BCUT2D eigenvalue weighted by Crippen LogP contribution is 2.04. The molecule has 0 saturated heterocycles. The number of nitrogens with one attached hydrogen (secondary N) is 1. The predicted octanol–water partition coefficient (Wildman–Crippen LogP) is 1.44. The van der Waals surface area contributed by atoms with E-state index in [1.54, 1.807) is 19.3 Å². The van der Waals surface area contributed by atoms with Gasteiger partial charge in [0, 0.05) is 25.8 Å². The van der Waals surface area contributed by atoms with Gasteiger partial charge < -0.3 is 14.8 Å². The molecule has 5 heteroatoms. The van der Waals surface area contributed by atoms with Gasteiger partial charge in [-0.3, -0.25) is 9.59 Å². The van der Waals surface area contributed by atoms with Crippen molar-refractivity contribution in [1.29, 1.82) is 0 Å². The van der Waals surface area contributed by atoms with E-state index in [2.05, 4.69) is 5.32 Å². The van der Waals surface area contributed by atoms with Crippen LogP contribution in [-0.4, -0.2) is 23.5 Å². The van der Waals surface area contributed by atoms with Crippen molar-refractivity contribution in [3.63, 3.8) is 0 Å².